The molecule has 0 unspecified atom stereocenters. The van der Waals surface area contributed by atoms with Crippen LogP contribution in [-0.2, 0) is 4.74 Å². The second kappa shape index (κ2) is 7.16. The highest BCUT2D eigenvalue weighted by molar-refractivity contribution is 6.31. The van der Waals surface area contributed by atoms with E-state index in [1.165, 1.54) is 6.07 Å². The molecule has 1 aromatic rings. The molecule has 0 spiro atoms. The van der Waals surface area contributed by atoms with Gasteiger partial charge in [0.25, 0.3) is 0 Å². The molecule has 0 saturated heterocycles. The molecule has 0 bridgehead atoms. The molecule has 108 valence electrons. The summed E-state index contributed by atoms with van der Waals surface area (Å²) in [7, 11) is 0. The van der Waals surface area contributed by atoms with Gasteiger partial charge in [0.2, 0.25) is 0 Å². The van der Waals surface area contributed by atoms with Gasteiger partial charge in [-0.15, -0.1) is 0 Å². The molecule has 0 aromatic heterocycles. The number of carbonyl (C=O) groups excluding carboxylic acids is 1. The van der Waals surface area contributed by atoms with Gasteiger partial charge < -0.3 is 10.5 Å². The zero-order chi connectivity index (χ0) is 15.2. The van der Waals surface area contributed by atoms with E-state index in [1.54, 1.807) is 12.1 Å². The number of hydrogen-bond acceptors (Lipinski definition) is 4. The molecular weight excluding hydrogens is 276 g/mol. The number of halogens is 1. The Morgan fingerprint density at radius 3 is 2.80 bits per heavy atom. The molecule has 0 aliphatic heterocycles. The number of benzene rings is 1. The van der Waals surface area contributed by atoms with Crippen LogP contribution >= 0.6 is 11.6 Å². The molecule has 0 aliphatic rings. The summed E-state index contributed by atoms with van der Waals surface area (Å²) in [6.45, 7) is 4.10. The smallest absolute Gasteiger partial charge is 0.340 e. The van der Waals surface area contributed by atoms with Gasteiger partial charge in [0.05, 0.1) is 23.7 Å². The van der Waals surface area contributed by atoms with E-state index in [4.69, 9.17) is 27.3 Å². The van der Waals surface area contributed by atoms with Crippen LogP contribution in [0, 0.1) is 16.7 Å². The number of hydrogen-bond donors (Lipinski definition) is 1. The largest absolute Gasteiger partial charge is 0.462 e. The molecular formula is C15H19ClN2O2. The highest BCUT2D eigenvalue weighted by Crippen LogP contribution is 2.22. The minimum absolute atomic E-state index is 0.287. The molecule has 0 atom stereocenters. The van der Waals surface area contributed by atoms with Crippen LogP contribution in [0.4, 0.5) is 5.69 Å². The summed E-state index contributed by atoms with van der Waals surface area (Å²) in [6, 6.07) is 6.94. The lowest BCUT2D eigenvalue weighted by Crippen LogP contribution is -2.11. The molecule has 2 N–H and O–H groups in total. The molecule has 0 radical (unpaired) electrons. The molecule has 0 amide bonds. The van der Waals surface area contributed by atoms with Gasteiger partial charge >= 0.3 is 5.97 Å². The first-order valence-corrected chi connectivity index (χ1v) is 6.87. The van der Waals surface area contributed by atoms with Crippen LogP contribution in [0.2, 0.25) is 5.02 Å². The Morgan fingerprint density at radius 2 is 2.15 bits per heavy atom. The number of carbonyl (C=O) groups is 1. The summed E-state index contributed by atoms with van der Waals surface area (Å²) in [5, 5.41) is 9.33. The fourth-order valence-electron chi connectivity index (χ4n) is 1.67. The first-order chi connectivity index (χ1) is 9.35. The summed E-state index contributed by atoms with van der Waals surface area (Å²) in [6.07, 6.45) is 2.33. The Labute approximate surface area is 124 Å². The van der Waals surface area contributed by atoms with Crippen LogP contribution in [0.1, 0.15) is 43.5 Å². The van der Waals surface area contributed by atoms with Crippen LogP contribution in [0.25, 0.3) is 0 Å². The third-order valence-electron chi connectivity index (χ3n) is 2.97. The third-order valence-corrected chi connectivity index (χ3v) is 3.20. The van der Waals surface area contributed by atoms with E-state index in [1.807, 2.05) is 13.8 Å². The number of nitrogen functional groups attached to an aromatic ring is 1. The highest BCUT2D eigenvalue weighted by Gasteiger charge is 2.16. The van der Waals surface area contributed by atoms with Gasteiger partial charge in [-0.25, -0.2) is 4.79 Å². The maximum atomic E-state index is 11.8. The quantitative estimate of drug-likeness (QED) is 0.492. The lowest BCUT2D eigenvalue weighted by Gasteiger charge is -2.14. The van der Waals surface area contributed by atoms with Crippen molar-refractivity contribution in [3.8, 4) is 6.07 Å². The van der Waals surface area contributed by atoms with Crippen LogP contribution in [0.3, 0.4) is 0 Å². The number of nitrogens with two attached hydrogens (primary N) is 1. The summed E-state index contributed by atoms with van der Waals surface area (Å²) >= 11 is 5.82. The molecule has 1 rings (SSSR count). The van der Waals surface area contributed by atoms with Crippen LogP contribution in [0.15, 0.2) is 18.2 Å². The van der Waals surface area contributed by atoms with E-state index >= 15 is 0 Å². The van der Waals surface area contributed by atoms with Crippen LogP contribution in [-0.4, -0.2) is 12.6 Å². The van der Waals surface area contributed by atoms with Gasteiger partial charge in [0.15, 0.2) is 0 Å². The van der Waals surface area contributed by atoms with E-state index in [-0.39, 0.29) is 11.0 Å². The Kier molecular flexibility index (Phi) is 5.84. The highest BCUT2D eigenvalue weighted by atomic mass is 35.5. The lowest BCUT2D eigenvalue weighted by atomic mass is 9.89. The molecule has 0 saturated carbocycles. The molecule has 1 aromatic carbocycles. The van der Waals surface area contributed by atoms with Gasteiger partial charge in [-0.2, -0.15) is 5.26 Å². The van der Waals surface area contributed by atoms with Crippen molar-refractivity contribution in [1.82, 2.24) is 0 Å². The second-order valence-corrected chi connectivity index (χ2v) is 5.76. The van der Waals surface area contributed by atoms with E-state index in [2.05, 4.69) is 6.07 Å². The van der Waals surface area contributed by atoms with Crippen molar-refractivity contribution >= 4 is 23.3 Å². The predicted octanol–water partition coefficient (Wildman–Crippen LogP) is 3.80. The Balaban J connectivity index is 2.38. The average Bonchev–Trinajstić information content (AvgIpc) is 2.40. The maximum absolute atomic E-state index is 11.8. The van der Waals surface area contributed by atoms with E-state index in [0.29, 0.717) is 17.3 Å². The number of rotatable bonds is 6. The summed E-state index contributed by atoms with van der Waals surface area (Å²) in [4.78, 5) is 11.8. The summed E-state index contributed by atoms with van der Waals surface area (Å²) < 4.78 is 5.15. The Hall–Kier alpha value is -1.73. The number of ether oxygens (including phenoxy) is 1. The molecule has 0 heterocycles. The van der Waals surface area contributed by atoms with Crippen molar-refractivity contribution in [2.75, 3.05) is 12.3 Å². The van der Waals surface area contributed by atoms with Crippen molar-refractivity contribution in [3.05, 3.63) is 28.8 Å². The standard InChI is InChI=1S/C15H19ClN2O2/c1-15(2,10-17)7-3-4-8-20-14(19)12-9-11(16)5-6-13(12)18/h5-6,9H,3-4,7-8,18H2,1-2H3. The monoisotopic (exact) mass is 294 g/mol. The fourth-order valence-corrected chi connectivity index (χ4v) is 1.84. The molecule has 5 heteroatoms. The number of esters is 1. The maximum Gasteiger partial charge on any atom is 0.340 e. The fraction of sp³-hybridized carbons (Fsp3) is 0.467. The SMILES string of the molecule is CC(C)(C#N)CCCCOC(=O)c1cc(Cl)ccc1N. The first-order valence-electron chi connectivity index (χ1n) is 6.49. The Bertz CT molecular complexity index is 521. The number of nitrogens with zero attached hydrogens (tertiary/aromatic N) is 1. The predicted molar refractivity (Wildman–Crippen MR) is 79.4 cm³/mol. The number of anilines is 1. The van der Waals surface area contributed by atoms with Crippen molar-refractivity contribution in [2.45, 2.75) is 33.1 Å². The first kappa shape index (κ1) is 16.3. The van der Waals surface area contributed by atoms with E-state index < -0.39 is 5.97 Å². The third kappa shape index (κ3) is 5.10. The van der Waals surface area contributed by atoms with E-state index in [9.17, 15) is 4.79 Å². The average molecular weight is 295 g/mol. The minimum atomic E-state index is -0.468. The molecule has 0 fully saturated rings. The zero-order valence-electron chi connectivity index (χ0n) is 11.8. The van der Waals surface area contributed by atoms with Gasteiger partial charge in [0, 0.05) is 10.7 Å². The minimum Gasteiger partial charge on any atom is -0.462 e. The van der Waals surface area contributed by atoms with Crippen LogP contribution in [0.5, 0.6) is 0 Å². The van der Waals surface area contributed by atoms with Crippen molar-refractivity contribution < 1.29 is 9.53 Å². The number of unbranched alkanes of at least 4 members (excludes halogenated alkanes) is 1. The van der Waals surface area contributed by atoms with Crippen molar-refractivity contribution in [3.63, 3.8) is 0 Å². The van der Waals surface area contributed by atoms with Crippen molar-refractivity contribution in [2.24, 2.45) is 5.41 Å². The van der Waals surface area contributed by atoms with Crippen LogP contribution < -0.4 is 5.73 Å². The Morgan fingerprint density at radius 1 is 1.45 bits per heavy atom. The van der Waals surface area contributed by atoms with Gasteiger partial charge in [-0.05, 0) is 51.3 Å². The van der Waals surface area contributed by atoms with Gasteiger partial charge in [-0.3, -0.25) is 0 Å². The van der Waals surface area contributed by atoms with Crippen molar-refractivity contribution in [1.29, 1.82) is 5.26 Å². The molecule has 20 heavy (non-hydrogen) atoms. The summed E-state index contributed by atoms with van der Waals surface area (Å²) in [5.41, 5.74) is 6.01. The lowest BCUT2D eigenvalue weighted by molar-refractivity contribution is 0.0497. The van der Waals surface area contributed by atoms with Gasteiger partial charge in [-0.1, -0.05) is 11.6 Å². The zero-order valence-corrected chi connectivity index (χ0v) is 12.5. The van der Waals surface area contributed by atoms with Gasteiger partial charge in [0.1, 0.15) is 0 Å². The second-order valence-electron chi connectivity index (χ2n) is 5.32. The summed E-state index contributed by atoms with van der Waals surface area (Å²) in [5.74, 6) is -0.468. The molecule has 0 aliphatic carbocycles. The van der Waals surface area contributed by atoms with E-state index in [0.717, 1.165) is 19.3 Å². The molecule has 4 nitrogen and oxygen atoms in total. The number of nitriles is 1. The topological polar surface area (TPSA) is 76.1 Å². The normalized spacial score (nSPS) is 10.9.